The molecule has 0 bridgehead atoms. The Morgan fingerprint density at radius 1 is 1.12 bits per heavy atom. The molecule has 0 unspecified atom stereocenters. The number of amides is 6. The van der Waals surface area contributed by atoms with E-state index >= 15 is 0 Å². The molecule has 262 valence electrons. The predicted molar refractivity (Wildman–Crippen MR) is 164 cm³/mol. The lowest BCUT2D eigenvalue weighted by Crippen LogP contribution is -2.53. The monoisotopic (exact) mass is 676 g/mol. The zero-order chi connectivity index (χ0) is 35.7. The van der Waals surface area contributed by atoms with Crippen LogP contribution < -0.4 is 26.8 Å². The summed E-state index contributed by atoms with van der Waals surface area (Å²) in [4.78, 5) is 87.3. The van der Waals surface area contributed by atoms with E-state index in [1.165, 1.54) is 25.2 Å². The van der Waals surface area contributed by atoms with E-state index < -0.39 is 72.2 Å². The summed E-state index contributed by atoms with van der Waals surface area (Å²) in [6, 6.07) is 2.14. The van der Waals surface area contributed by atoms with Crippen molar-refractivity contribution in [3.05, 3.63) is 35.9 Å². The van der Waals surface area contributed by atoms with Crippen molar-refractivity contribution in [3.63, 3.8) is 0 Å². The van der Waals surface area contributed by atoms with Crippen LogP contribution in [0.2, 0.25) is 0 Å². The van der Waals surface area contributed by atoms with Crippen LogP contribution in [0.4, 0.5) is 10.5 Å². The number of carbonyl (C=O) groups excluding carboxylic acids is 6. The number of ether oxygens (including phenoxy) is 3. The molecule has 1 saturated heterocycles. The molecule has 5 atom stereocenters. The highest BCUT2D eigenvalue weighted by Gasteiger charge is 2.36. The van der Waals surface area contributed by atoms with E-state index in [-0.39, 0.29) is 56.3 Å². The minimum atomic E-state index is -1.33. The van der Waals surface area contributed by atoms with Gasteiger partial charge in [0.15, 0.2) is 6.10 Å². The number of nitrogens with zero attached hydrogens (tertiary/aromatic N) is 2. The summed E-state index contributed by atoms with van der Waals surface area (Å²) in [6.45, 7) is 2.59. The quantitative estimate of drug-likeness (QED) is 0.119. The van der Waals surface area contributed by atoms with Gasteiger partial charge in [-0.2, -0.15) is 0 Å². The van der Waals surface area contributed by atoms with E-state index in [1.54, 1.807) is 13.8 Å². The van der Waals surface area contributed by atoms with Crippen LogP contribution in [0.25, 0.3) is 0 Å². The first-order valence-corrected chi connectivity index (χ1v) is 15.0. The standard InChI is InChI=1S/C30H40N6O12/c1-15(2)26(27(32)41)35(3)30(45)46-14-16-4-5-20(47-25-12-17(37)11-21(48-25)29(43)44)18(10-16)34-22(38)8-9-33-28(42)19(13-31)36-23(39)6-7-24(36)40/h4-7,10,15,17,19,21,25-26,37H,8-9,11-14,31H2,1-3H3,(H2,32,41)(H,33,42)(H,34,38)(H,43,44)/t17-,19-,21-,25+,26-/m0/s1. The fraction of sp³-hybridized carbons (Fsp3) is 0.500. The fourth-order valence-corrected chi connectivity index (χ4v) is 5.11. The summed E-state index contributed by atoms with van der Waals surface area (Å²) in [5.74, 6) is -5.00. The van der Waals surface area contributed by atoms with E-state index in [9.17, 15) is 43.8 Å². The number of nitrogens with two attached hydrogens (primary N) is 2. The average Bonchev–Trinajstić information content (AvgIpc) is 3.33. The molecule has 1 aromatic carbocycles. The number of aliphatic hydroxyl groups excluding tert-OH is 1. The number of benzene rings is 1. The maximum absolute atomic E-state index is 12.9. The maximum atomic E-state index is 12.9. The number of carbonyl (C=O) groups is 7. The molecule has 18 nitrogen and oxygen atoms in total. The Balaban J connectivity index is 1.72. The van der Waals surface area contributed by atoms with Crippen LogP contribution in [0.1, 0.15) is 38.7 Å². The van der Waals surface area contributed by atoms with Gasteiger partial charge < -0.3 is 46.5 Å². The van der Waals surface area contributed by atoms with Gasteiger partial charge in [-0.1, -0.05) is 19.9 Å². The molecule has 48 heavy (non-hydrogen) atoms. The molecule has 3 rings (SSSR count). The van der Waals surface area contributed by atoms with E-state index in [0.29, 0.717) is 10.5 Å². The lowest BCUT2D eigenvalue weighted by Gasteiger charge is -2.31. The summed E-state index contributed by atoms with van der Waals surface area (Å²) >= 11 is 0. The van der Waals surface area contributed by atoms with Gasteiger partial charge in [-0.15, -0.1) is 0 Å². The van der Waals surface area contributed by atoms with Crippen molar-refractivity contribution >= 4 is 47.3 Å². The van der Waals surface area contributed by atoms with E-state index in [0.717, 1.165) is 17.1 Å². The zero-order valence-corrected chi connectivity index (χ0v) is 26.6. The maximum Gasteiger partial charge on any atom is 0.410 e. The van der Waals surface area contributed by atoms with Crippen molar-refractivity contribution in [2.24, 2.45) is 17.4 Å². The number of rotatable bonds is 15. The molecule has 2 aliphatic rings. The van der Waals surface area contributed by atoms with Gasteiger partial charge in [0.25, 0.3) is 11.8 Å². The van der Waals surface area contributed by atoms with Crippen molar-refractivity contribution in [2.45, 2.75) is 70.3 Å². The molecule has 18 heteroatoms. The normalized spacial score (nSPS) is 20.2. The van der Waals surface area contributed by atoms with Crippen molar-refractivity contribution in [1.82, 2.24) is 15.1 Å². The van der Waals surface area contributed by atoms with Gasteiger partial charge in [0.05, 0.1) is 11.8 Å². The topological polar surface area (TPSA) is 270 Å². The number of imide groups is 1. The number of carboxylic acids is 1. The Kier molecular flexibility index (Phi) is 13.0. The molecule has 0 saturated carbocycles. The highest BCUT2D eigenvalue weighted by molar-refractivity contribution is 6.15. The molecule has 1 fully saturated rings. The van der Waals surface area contributed by atoms with Crippen molar-refractivity contribution in [2.75, 3.05) is 25.5 Å². The van der Waals surface area contributed by atoms with Gasteiger partial charge in [-0.3, -0.25) is 33.8 Å². The highest BCUT2D eigenvalue weighted by atomic mass is 16.7. The number of hydrogen-bond donors (Lipinski definition) is 6. The molecule has 0 aliphatic carbocycles. The fourth-order valence-electron chi connectivity index (χ4n) is 5.11. The summed E-state index contributed by atoms with van der Waals surface area (Å²) < 4.78 is 16.6. The van der Waals surface area contributed by atoms with E-state index in [2.05, 4.69) is 10.6 Å². The highest BCUT2D eigenvalue weighted by Crippen LogP contribution is 2.31. The Bertz CT molecular complexity index is 1430. The smallest absolute Gasteiger partial charge is 0.410 e. The summed E-state index contributed by atoms with van der Waals surface area (Å²) in [6.07, 6.45) is -2.83. The average molecular weight is 677 g/mol. The first-order chi connectivity index (χ1) is 22.6. The first-order valence-electron chi connectivity index (χ1n) is 15.0. The summed E-state index contributed by atoms with van der Waals surface area (Å²) in [7, 11) is 1.37. The molecule has 2 aliphatic heterocycles. The summed E-state index contributed by atoms with van der Waals surface area (Å²) in [5, 5.41) is 24.6. The first kappa shape index (κ1) is 37.4. The summed E-state index contributed by atoms with van der Waals surface area (Å²) in [5.41, 5.74) is 11.5. The van der Waals surface area contributed by atoms with Crippen molar-refractivity contribution < 1.29 is 58.0 Å². The van der Waals surface area contributed by atoms with Gasteiger partial charge >= 0.3 is 12.1 Å². The Labute approximate surface area is 275 Å². The minimum Gasteiger partial charge on any atom is -0.479 e. The minimum absolute atomic E-state index is 0.0261. The van der Waals surface area contributed by atoms with E-state index in [4.69, 9.17) is 25.7 Å². The van der Waals surface area contributed by atoms with Crippen molar-refractivity contribution in [3.8, 4) is 5.75 Å². The van der Waals surface area contributed by atoms with Crippen LogP contribution >= 0.6 is 0 Å². The number of nitrogens with one attached hydrogen (secondary N) is 2. The third-order valence-corrected chi connectivity index (χ3v) is 7.44. The van der Waals surface area contributed by atoms with Crippen LogP contribution in [-0.4, -0.2) is 112 Å². The number of anilines is 1. The Morgan fingerprint density at radius 3 is 2.38 bits per heavy atom. The predicted octanol–water partition coefficient (Wildman–Crippen LogP) is -1.21. The third-order valence-electron chi connectivity index (χ3n) is 7.44. The second-order valence-electron chi connectivity index (χ2n) is 11.4. The van der Waals surface area contributed by atoms with Gasteiger partial charge in [-0.05, 0) is 23.6 Å². The number of likely N-dealkylation sites (N-methyl/N-ethyl adjacent to an activating group) is 1. The molecular formula is C30H40N6O12. The number of hydrogen-bond acceptors (Lipinski definition) is 12. The van der Waals surface area contributed by atoms with Gasteiger partial charge in [0.2, 0.25) is 24.0 Å². The third kappa shape index (κ3) is 9.72. The van der Waals surface area contributed by atoms with Crippen LogP contribution in [0.15, 0.2) is 30.4 Å². The molecule has 6 amide bonds. The number of primary amides is 1. The second kappa shape index (κ2) is 16.7. The molecule has 0 aromatic heterocycles. The zero-order valence-electron chi connectivity index (χ0n) is 26.6. The van der Waals surface area contributed by atoms with Gasteiger partial charge in [0.1, 0.15) is 24.4 Å². The molecule has 2 heterocycles. The lowest BCUT2D eigenvalue weighted by atomic mass is 10.0. The SMILES string of the molecule is CC(C)[C@@H](C(N)=O)N(C)C(=O)OCc1ccc(O[C@H]2C[C@@H](O)C[C@@H](C(=O)O)O2)c(NC(=O)CCNC(=O)[C@H](CN)N2C(=O)C=CC2=O)c1. The Morgan fingerprint density at radius 2 is 1.79 bits per heavy atom. The molecule has 0 spiro atoms. The molecular weight excluding hydrogens is 636 g/mol. The number of aliphatic carboxylic acids is 1. The molecule has 0 radical (unpaired) electrons. The van der Waals surface area contributed by atoms with Crippen LogP contribution in [0.5, 0.6) is 5.75 Å². The van der Waals surface area contributed by atoms with Crippen LogP contribution in [-0.2, 0) is 44.8 Å². The number of carboxylic acid groups (broad SMARTS) is 1. The largest absolute Gasteiger partial charge is 0.479 e. The van der Waals surface area contributed by atoms with Crippen LogP contribution in [0.3, 0.4) is 0 Å². The molecule has 1 aromatic rings. The second-order valence-corrected chi connectivity index (χ2v) is 11.4. The molecule has 8 N–H and O–H groups in total. The van der Waals surface area contributed by atoms with E-state index in [1.807, 2.05) is 0 Å². The Hall–Kier alpha value is -5.07. The number of aliphatic hydroxyl groups is 1. The van der Waals surface area contributed by atoms with Gasteiger partial charge in [0, 0.05) is 51.6 Å². The van der Waals surface area contributed by atoms with Crippen LogP contribution in [0, 0.1) is 5.92 Å². The lowest BCUT2D eigenvalue weighted by molar-refractivity contribution is -0.195. The van der Waals surface area contributed by atoms with Gasteiger partial charge in [-0.25, -0.2) is 9.59 Å². The van der Waals surface area contributed by atoms with Crippen molar-refractivity contribution in [1.29, 1.82) is 0 Å².